The third-order valence-electron chi connectivity index (χ3n) is 5.67. The van der Waals surface area contributed by atoms with Gasteiger partial charge in [0.25, 0.3) is 5.91 Å². The van der Waals surface area contributed by atoms with E-state index in [-0.39, 0.29) is 42.2 Å². The van der Waals surface area contributed by atoms with Gasteiger partial charge in [-0.15, -0.1) is 23.7 Å². The molecule has 3 rings (SSSR count). The molecular formula is C19H30ClN3O2S. The van der Waals surface area contributed by atoms with Crippen LogP contribution in [0.2, 0.25) is 0 Å². The van der Waals surface area contributed by atoms with E-state index < -0.39 is 6.04 Å². The molecule has 2 saturated carbocycles. The zero-order valence-corrected chi connectivity index (χ0v) is 17.1. The number of fused-ring (bicyclic) bond motifs is 2. The van der Waals surface area contributed by atoms with Gasteiger partial charge in [0.05, 0.1) is 4.88 Å². The van der Waals surface area contributed by atoms with Gasteiger partial charge in [-0.25, -0.2) is 0 Å². The standard InChI is InChI=1S/C19H29N3O2S.ClH/c1-11(2)16(21-18(23)15-7-4-8-25-15)19(24)22-17-12-5-3-6-13(17)10-14(20)9-12;/h4,7-8,11-14,16-17H,3,5-6,9-10,20H2,1-2H3,(H,21,23)(H,22,24);1H. The molecule has 2 aliphatic rings. The molecule has 0 spiro atoms. The lowest BCUT2D eigenvalue weighted by atomic mass is 9.67. The SMILES string of the molecule is CC(C)C(NC(=O)c1cccs1)C(=O)NC1C2CCCC1CC(N)C2.Cl. The molecule has 0 saturated heterocycles. The number of hydrogen-bond acceptors (Lipinski definition) is 4. The Morgan fingerprint density at radius 1 is 1.23 bits per heavy atom. The van der Waals surface area contributed by atoms with Crippen molar-refractivity contribution in [3.63, 3.8) is 0 Å². The average molecular weight is 400 g/mol. The average Bonchev–Trinajstić information content (AvgIpc) is 3.07. The molecule has 146 valence electrons. The van der Waals surface area contributed by atoms with E-state index in [9.17, 15) is 9.59 Å². The molecule has 4 N–H and O–H groups in total. The highest BCUT2D eigenvalue weighted by molar-refractivity contribution is 7.12. The first-order chi connectivity index (χ1) is 12.0. The van der Waals surface area contributed by atoms with Crippen molar-refractivity contribution >= 4 is 35.6 Å². The fourth-order valence-corrected chi connectivity index (χ4v) is 5.06. The second-order valence-corrected chi connectivity index (χ2v) is 8.84. The van der Waals surface area contributed by atoms with Crippen molar-refractivity contribution in [2.24, 2.45) is 23.5 Å². The van der Waals surface area contributed by atoms with Crippen molar-refractivity contribution in [2.45, 2.75) is 64.1 Å². The summed E-state index contributed by atoms with van der Waals surface area (Å²) in [6.45, 7) is 3.94. The number of nitrogens with one attached hydrogen (secondary N) is 2. The minimum Gasteiger partial charge on any atom is -0.351 e. The zero-order valence-electron chi connectivity index (χ0n) is 15.4. The van der Waals surface area contributed by atoms with E-state index in [1.54, 1.807) is 6.07 Å². The summed E-state index contributed by atoms with van der Waals surface area (Å²) in [5.74, 6) is 0.765. The van der Waals surface area contributed by atoms with Gasteiger partial charge in [-0.1, -0.05) is 26.3 Å². The van der Waals surface area contributed by atoms with Crippen molar-refractivity contribution < 1.29 is 9.59 Å². The van der Waals surface area contributed by atoms with E-state index in [2.05, 4.69) is 10.6 Å². The molecule has 26 heavy (non-hydrogen) atoms. The van der Waals surface area contributed by atoms with Crippen LogP contribution in [0.3, 0.4) is 0 Å². The zero-order chi connectivity index (χ0) is 18.0. The molecule has 2 aliphatic carbocycles. The van der Waals surface area contributed by atoms with Crippen LogP contribution in [0, 0.1) is 17.8 Å². The van der Waals surface area contributed by atoms with E-state index in [4.69, 9.17) is 5.73 Å². The van der Waals surface area contributed by atoms with Crippen molar-refractivity contribution in [3.8, 4) is 0 Å². The Balaban J connectivity index is 0.00000243. The predicted molar refractivity (Wildman–Crippen MR) is 108 cm³/mol. The van der Waals surface area contributed by atoms with Crippen LogP contribution >= 0.6 is 23.7 Å². The van der Waals surface area contributed by atoms with Gasteiger partial charge in [-0.2, -0.15) is 0 Å². The monoisotopic (exact) mass is 399 g/mol. The van der Waals surface area contributed by atoms with E-state index >= 15 is 0 Å². The molecule has 3 unspecified atom stereocenters. The predicted octanol–water partition coefficient (Wildman–Crippen LogP) is 2.95. The molecule has 2 bridgehead atoms. The van der Waals surface area contributed by atoms with E-state index in [1.807, 2.05) is 25.3 Å². The highest BCUT2D eigenvalue weighted by atomic mass is 35.5. The fourth-order valence-electron chi connectivity index (χ4n) is 4.43. The van der Waals surface area contributed by atoms with Gasteiger partial charge >= 0.3 is 0 Å². The van der Waals surface area contributed by atoms with Gasteiger partial charge in [0.1, 0.15) is 6.04 Å². The number of halogens is 1. The van der Waals surface area contributed by atoms with Crippen LogP contribution in [0.25, 0.3) is 0 Å². The normalized spacial score (nSPS) is 28.8. The number of carbonyl (C=O) groups excluding carboxylic acids is 2. The molecule has 3 atom stereocenters. The van der Waals surface area contributed by atoms with Gasteiger partial charge < -0.3 is 16.4 Å². The molecule has 1 aromatic rings. The Labute approximate surface area is 165 Å². The summed E-state index contributed by atoms with van der Waals surface area (Å²) in [5, 5.41) is 8.05. The first-order valence-corrected chi connectivity index (χ1v) is 10.2. The molecule has 2 amide bonds. The lowest BCUT2D eigenvalue weighted by Gasteiger charge is -2.45. The quantitative estimate of drug-likeness (QED) is 0.711. The molecule has 1 aromatic heterocycles. The van der Waals surface area contributed by atoms with Crippen LogP contribution in [0.15, 0.2) is 17.5 Å². The number of nitrogens with two attached hydrogens (primary N) is 1. The summed E-state index contributed by atoms with van der Waals surface area (Å²) >= 11 is 1.39. The lowest BCUT2D eigenvalue weighted by molar-refractivity contribution is -0.126. The minimum atomic E-state index is -0.508. The Bertz CT molecular complexity index is 594. The summed E-state index contributed by atoms with van der Waals surface area (Å²) in [4.78, 5) is 25.9. The maximum atomic E-state index is 12.9. The molecule has 0 aliphatic heterocycles. The van der Waals surface area contributed by atoms with Crippen LogP contribution in [0.4, 0.5) is 0 Å². The summed E-state index contributed by atoms with van der Waals surface area (Å²) in [6, 6.07) is 3.59. The largest absolute Gasteiger partial charge is 0.351 e. The molecule has 1 heterocycles. The first kappa shape index (κ1) is 21.2. The smallest absolute Gasteiger partial charge is 0.262 e. The number of carbonyl (C=O) groups is 2. The van der Waals surface area contributed by atoms with Crippen LogP contribution in [-0.2, 0) is 4.79 Å². The molecule has 2 fully saturated rings. The lowest BCUT2D eigenvalue weighted by Crippen LogP contribution is -2.58. The molecule has 0 radical (unpaired) electrons. The second-order valence-electron chi connectivity index (χ2n) is 7.89. The maximum Gasteiger partial charge on any atom is 0.262 e. The van der Waals surface area contributed by atoms with Crippen molar-refractivity contribution in [1.82, 2.24) is 10.6 Å². The van der Waals surface area contributed by atoms with Crippen LogP contribution in [0.5, 0.6) is 0 Å². The number of thiophene rings is 1. The first-order valence-electron chi connectivity index (χ1n) is 9.36. The van der Waals surface area contributed by atoms with Gasteiger partial charge in [0.15, 0.2) is 0 Å². The Hall–Kier alpha value is -1.11. The van der Waals surface area contributed by atoms with Gasteiger partial charge in [0.2, 0.25) is 5.91 Å². The number of hydrogen-bond donors (Lipinski definition) is 3. The van der Waals surface area contributed by atoms with Gasteiger partial charge in [-0.3, -0.25) is 9.59 Å². The van der Waals surface area contributed by atoms with E-state index in [0.717, 1.165) is 25.7 Å². The van der Waals surface area contributed by atoms with E-state index in [0.29, 0.717) is 16.7 Å². The van der Waals surface area contributed by atoms with Crippen molar-refractivity contribution in [2.75, 3.05) is 0 Å². The van der Waals surface area contributed by atoms with Crippen LogP contribution < -0.4 is 16.4 Å². The Kier molecular flexibility index (Phi) is 7.50. The third kappa shape index (κ3) is 4.78. The van der Waals surface area contributed by atoms with Crippen LogP contribution in [-0.4, -0.2) is 29.9 Å². The molecule has 0 aromatic carbocycles. The Morgan fingerprint density at radius 2 is 1.88 bits per heavy atom. The van der Waals surface area contributed by atoms with E-state index in [1.165, 1.54) is 17.8 Å². The minimum absolute atomic E-state index is 0. The summed E-state index contributed by atoms with van der Waals surface area (Å²) in [6.07, 6.45) is 5.51. The highest BCUT2D eigenvalue weighted by Crippen LogP contribution is 2.39. The summed E-state index contributed by atoms with van der Waals surface area (Å²) < 4.78 is 0. The second kappa shape index (κ2) is 9.20. The highest BCUT2D eigenvalue weighted by Gasteiger charge is 2.41. The summed E-state index contributed by atoms with van der Waals surface area (Å²) in [5.41, 5.74) is 6.18. The number of amides is 2. The Morgan fingerprint density at radius 3 is 2.42 bits per heavy atom. The van der Waals surface area contributed by atoms with Crippen molar-refractivity contribution in [3.05, 3.63) is 22.4 Å². The van der Waals surface area contributed by atoms with Gasteiger partial charge in [-0.05, 0) is 54.9 Å². The van der Waals surface area contributed by atoms with Gasteiger partial charge in [0, 0.05) is 12.1 Å². The fraction of sp³-hybridized carbons (Fsp3) is 0.684. The topological polar surface area (TPSA) is 84.2 Å². The molecular weight excluding hydrogens is 370 g/mol. The van der Waals surface area contributed by atoms with Crippen LogP contribution in [0.1, 0.15) is 55.6 Å². The molecule has 7 heteroatoms. The molecule has 5 nitrogen and oxygen atoms in total. The maximum absolute atomic E-state index is 12.9. The third-order valence-corrected chi connectivity index (χ3v) is 6.53. The van der Waals surface area contributed by atoms with Crippen molar-refractivity contribution in [1.29, 1.82) is 0 Å². The number of rotatable bonds is 5. The summed E-state index contributed by atoms with van der Waals surface area (Å²) in [7, 11) is 0.